The lowest BCUT2D eigenvalue weighted by atomic mass is 10.1. The smallest absolute Gasteiger partial charge is 0.335 e. The van der Waals surface area contributed by atoms with Crippen LogP contribution in [0.1, 0.15) is 15.9 Å². The van der Waals surface area contributed by atoms with Crippen LogP contribution in [0, 0.1) is 0 Å². The van der Waals surface area contributed by atoms with E-state index in [1.165, 1.54) is 12.1 Å². The van der Waals surface area contributed by atoms with Crippen LogP contribution in [0.2, 0.25) is 0 Å². The molecule has 1 unspecified atom stereocenters. The number of carboxylic acid groups (broad SMARTS) is 1. The third-order valence-corrected chi connectivity index (χ3v) is 3.03. The number of rotatable bonds is 5. The summed E-state index contributed by atoms with van der Waals surface area (Å²) in [7, 11) is 0. The molecule has 2 amide bonds. The van der Waals surface area contributed by atoms with E-state index in [0.717, 1.165) is 5.56 Å². The summed E-state index contributed by atoms with van der Waals surface area (Å²) in [5.74, 6) is -0.970. The van der Waals surface area contributed by atoms with Crippen molar-refractivity contribution in [2.75, 3.05) is 26.4 Å². The summed E-state index contributed by atoms with van der Waals surface area (Å²) in [6.07, 6.45) is -0.112. The number of carbonyl (C=O) groups excluding carboxylic acids is 1. The van der Waals surface area contributed by atoms with Crippen LogP contribution < -0.4 is 10.6 Å². The summed E-state index contributed by atoms with van der Waals surface area (Å²) in [6, 6.07) is 6.05. The van der Waals surface area contributed by atoms with Gasteiger partial charge in [-0.2, -0.15) is 0 Å². The second-order valence-electron chi connectivity index (χ2n) is 4.63. The van der Waals surface area contributed by atoms with Crippen LogP contribution in [0.4, 0.5) is 4.79 Å². The SMILES string of the molecule is O=C(NCc1ccc(C(=O)O)cc1)NCC1COCCO1. The lowest BCUT2D eigenvalue weighted by Crippen LogP contribution is -2.43. The van der Waals surface area contributed by atoms with Crippen LogP contribution in [-0.2, 0) is 16.0 Å². The number of hydrogen-bond acceptors (Lipinski definition) is 4. The van der Waals surface area contributed by atoms with Gasteiger partial charge in [0.1, 0.15) is 0 Å². The predicted octanol–water partition coefficient (Wildman–Crippen LogP) is 0.599. The minimum Gasteiger partial charge on any atom is -0.478 e. The lowest BCUT2D eigenvalue weighted by molar-refractivity contribution is -0.0853. The van der Waals surface area contributed by atoms with Gasteiger partial charge in [-0.25, -0.2) is 9.59 Å². The van der Waals surface area contributed by atoms with Crippen LogP contribution in [0.15, 0.2) is 24.3 Å². The van der Waals surface area contributed by atoms with Crippen molar-refractivity contribution >= 4 is 12.0 Å². The molecular weight excluding hydrogens is 276 g/mol. The van der Waals surface area contributed by atoms with Gasteiger partial charge in [-0.15, -0.1) is 0 Å². The molecule has 21 heavy (non-hydrogen) atoms. The number of nitrogens with one attached hydrogen (secondary N) is 2. The van der Waals surface area contributed by atoms with Gasteiger partial charge in [-0.05, 0) is 17.7 Å². The summed E-state index contributed by atoms with van der Waals surface area (Å²) in [5.41, 5.74) is 1.05. The Morgan fingerprint density at radius 1 is 1.19 bits per heavy atom. The molecule has 1 aromatic carbocycles. The second-order valence-corrected chi connectivity index (χ2v) is 4.63. The molecule has 0 aliphatic carbocycles. The van der Waals surface area contributed by atoms with Crippen molar-refractivity contribution < 1.29 is 24.2 Å². The van der Waals surface area contributed by atoms with E-state index in [1.54, 1.807) is 12.1 Å². The topological polar surface area (TPSA) is 96.9 Å². The van der Waals surface area contributed by atoms with Gasteiger partial charge in [0.2, 0.25) is 0 Å². The Kier molecular flexibility index (Phi) is 5.53. The number of ether oxygens (including phenoxy) is 2. The molecule has 7 heteroatoms. The Morgan fingerprint density at radius 2 is 1.95 bits per heavy atom. The molecule has 1 fully saturated rings. The van der Waals surface area contributed by atoms with Gasteiger partial charge < -0.3 is 25.2 Å². The molecule has 0 aromatic heterocycles. The Hall–Kier alpha value is -2.12. The van der Waals surface area contributed by atoms with E-state index < -0.39 is 5.97 Å². The normalized spacial score (nSPS) is 18.0. The maximum absolute atomic E-state index is 11.6. The van der Waals surface area contributed by atoms with Gasteiger partial charge in [-0.1, -0.05) is 12.1 Å². The van der Waals surface area contributed by atoms with Crippen molar-refractivity contribution in [1.29, 1.82) is 0 Å². The molecule has 1 aliphatic rings. The fourth-order valence-corrected chi connectivity index (χ4v) is 1.87. The van der Waals surface area contributed by atoms with Crippen LogP contribution in [0.3, 0.4) is 0 Å². The largest absolute Gasteiger partial charge is 0.478 e. The molecule has 1 aliphatic heterocycles. The molecule has 0 saturated carbocycles. The van der Waals surface area contributed by atoms with E-state index in [1.807, 2.05) is 0 Å². The summed E-state index contributed by atoms with van der Waals surface area (Å²) in [6.45, 7) is 2.34. The minimum absolute atomic E-state index is 0.112. The molecule has 2 rings (SSSR count). The Morgan fingerprint density at radius 3 is 2.57 bits per heavy atom. The number of hydrogen-bond donors (Lipinski definition) is 3. The van der Waals surface area contributed by atoms with E-state index in [0.29, 0.717) is 32.9 Å². The predicted molar refractivity (Wildman–Crippen MR) is 74.2 cm³/mol. The Labute approximate surface area is 122 Å². The molecule has 1 atom stereocenters. The van der Waals surface area contributed by atoms with Crippen molar-refractivity contribution in [3.63, 3.8) is 0 Å². The third-order valence-electron chi connectivity index (χ3n) is 3.03. The molecule has 3 N–H and O–H groups in total. The molecule has 1 heterocycles. The number of carboxylic acids is 1. The van der Waals surface area contributed by atoms with Gasteiger partial charge in [0, 0.05) is 13.1 Å². The maximum Gasteiger partial charge on any atom is 0.335 e. The number of urea groups is 1. The number of carbonyl (C=O) groups is 2. The highest BCUT2D eigenvalue weighted by Crippen LogP contribution is 2.04. The summed E-state index contributed by atoms with van der Waals surface area (Å²) < 4.78 is 10.6. The Bertz CT molecular complexity index is 483. The molecule has 0 bridgehead atoms. The van der Waals surface area contributed by atoms with E-state index in [4.69, 9.17) is 14.6 Å². The van der Waals surface area contributed by atoms with Crippen molar-refractivity contribution in [3.8, 4) is 0 Å². The van der Waals surface area contributed by atoms with Gasteiger partial charge in [-0.3, -0.25) is 0 Å². The van der Waals surface area contributed by atoms with Crippen molar-refractivity contribution in [3.05, 3.63) is 35.4 Å². The van der Waals surface area contributed by atoms with Gasteiger partial charge >= 0.3 is 12.0 Å². The number of amides is 2. The monoisotopic (exact) mass is 294 g/mol. The zero-order valence-electron chi connectivity index (χ0n) is 11.5. The molecular formula is C14H18N2O5. The summed E-state index contributed by atoms with van der Waals surface area (Å²) >= 11 is 0. The molecule has 1 aromatic rings. The molecule has 0 radical (unpaired) electrons. The van der Waals surface area contributed by atoms with Crippen molar-refractivity contribution in [2.45, 2.75) is 12.6 Å². The standard InChI is InChI=1S/C14H18N2O5/c17-13(18)11-3-1-10(2-4-11)7-15-14(19)16-8-12-9-20-5-6-21-12/h1-4,12H,5-9H2,(H,17,18)(H2,15,16,19). The quantitative estimate of drug-likeness (QED) is 0.739. The van der Waals surface area contributed by atoms with E-state index >= 15 is 0 Å². The molecule has 0 spiro atoms. The number of aromatic carboxylic acids is 1. The molecule has 114 valence electrons. The fourth-order valence-electron chi connectivity index (χ4n) is 1.87. The first-order valence-electron chi connectivity index (χ1n) is 6.68. The average Bonchev–Trinajstić information content (AvgIpc) is 2.52. The van der Waals surface area contributed by atoms with Crippen molar-refractivity contribution in [2.24, 2.45) is 0 Å². The average molecular weight is 294 g/mol. The van der Waals surface area contributed by atoms with Crippen LogP contribution in [0.25, 0.3) is 0 Å². The van der Waals surface area contributed by atoms with Crippen molar-refractivity contribution in [1.82, 2.24) is 10.6 Å². The first-order chi connectivity index (χ1) is 10.1. The molecule has 1 saturated heterocycles. The Balaban J connectivity index is 1.69. The zero-order chi connectivity index (χ0) is 15.1. The van der Waals surface area contributed by atoms with Crippen LogP contribution >= 0.6 is 0 Å². The van der Waals surface area contributed by atoms with Crippen LogP contribution in [-0.4, -0.2) is 49.6 Å². The highest BCUT2D eigenvalue weighted by Gasteiger charge is 2.14. The van der Waals surface area contributed by atoms with Gasteiger partial charge in [0.25, 0.3) is 0 Å². The first-order valence-corrected chi connectivity index (χ1v) is 6.68. The zero-order valence-corrected chi connectivity index (χ0v) is 11.5. The first kappa shape index (κ1) is 15.3. The van der Waals surface area contributed by atoms with E-state index in [9.17, 15) is 9.59 Å². The highest BCUT2D eigenvalue weighted by atomic mass is 16.6. The molecule has 7 nitrogen and oxygen atoms in total. The lowest BCUT2D eigenvalue weighted by Gasteiger charge is -2.23. The van der Waals surface area contributed by atoms with Crippen LogP contribution in [0.5, 0.6) is 0 Å². The second kappa shape index (κ2) is 7.61. The fraction of sp³-hybridized carbons (Fsp3) is 0.429. The highest BCUT2D eigenvalue weighted by molar-refractivity contribution is 5.87. The summed E-state index contributed by atoms with van der Waals surface area (Å²) in [5, 5.41) is 14.2. The number of benzene rings is 1. The van der Waals surface area contributed by atoms with E-state index in [2.05, 4.69) is 10.6 Å². The maximum atomic E-state index is 11.6. The third kappa shape index (κ3) is 5.05. The summed E-state index contributed by atoms with van der Waals surface area (Å²) in [4.78, 5) is 22.3. The van der Waals surface area contributed by atoms with Gasteiger partial charge in [0.15, 0.2) is 0 Å². The van der Waals surface area contributed by atoms with E-state index in [-0.39, 0.29) is 17.7 Å². The van der Waals surface area contributed by atoms with Gasteiger partial charge in [0.05, 0.1) is 31.5 Å². The minimum atomic E-state index is -0.970.